The fourth-order valence-corrected chi connectivity index (χ4v) is 6.95. The smallest absolute Gasteiger partial charge is 0.160 e. The van der Waals surface area contributed by atoms with Crippen LogP contribution in [0.2, 0.25) is 0 Å². The van der Waals surface area contributed by atoms with Gasteiger partial charge in [-0.2, -0.15) is 0 Å². The highest BCUT2D eigenvalue weighted by atomic mass is 14.9. The number of pyridine rings is 1. The van der Waals surface area contributed by atoms with Crippen molar-refractivity contribution in [1.29, 1.82) is 0 Å². The van der Waals surface area contributed by atoms with Crippen molar-refractivity contribution >= 4 is 38.4 Å². The van der Waals surface area contributed by atoms with Crippen LogP contribution in [0.4, 0.5) is 0 Å². The molecule has 0 spiro atoms. The number of benzene rings is 6. The van der Waals surface area contributed by atoms with Crippen LogP contribution in [0.15, 0.2) is 146 Å². The van der Waals surface area contributed by atoms with E-state index in [0.29, 0.717) is 5.82 Å². The summed E-state index contributed by atoms with van der Waals surface area (Å²) in [7, 11) is 0. The SMILES string of the molecule is C1=Cc2c(cc(-c3cc(-c4cc5ccccc5c5ccccc45)nc(-c4ccc(-c5ccccn5)cc4)n3)c3ccccc23)CC1. The largest absolute Gasteiger partial charge is 0.256 e. The molecule has 0 N–H and O–H groups in total. The summed E-state index contributed by atoms with van der Waals surface area (Å²) in [5, 5.41) is 7.32. The second-order valence-electron chi connectivity index (χ2n) is 11.9. The topological polar surface area (TPSA) is 38.7 Å². The second-order valence-corrected chi connectivity index (χ2v) is 11.9. The number of hydrogen-bond donors (Lipinski definition) is 0. The molecule has 0 unspecified atom stereocenters. The normalized spacial score (nSPS) is 12.5. The molecule has 6 aromatic carbocycles. The van der Waals surface area contributed by atoms with Gasteiger partial charge in [-0.3, -0.25) is 4.98 Å². The lowest BCUT2D eigenvalue weighted by Gasteiger charge is -2.18. The number of fused-ring (bicyclic) bond motifs is 6. The van der Waals surface area contributed by atoms with E-state index in [-0.39, 0.29) is 0 Å². The molecule has 3 heteroatoms. The van der Waals surface area contributed by atoms with E-state index >= 15 is 0 Å². The Labute approximate surface area is 267 Å². The second kappa shape index (κ2) is 10.9. The number of allylic oxidation sites excluding steroid dienone is 1. The van der Waals surface area contributed by atoms with Crippen molar-refractivity contribution < 1.29 is 0 Å². The van der Waals surface area contributed by atoms with Crippen molar-refractivity contribution in [3.05, 3.63) is 157 Å². The molecule has 8 aromatic rings. The van der Waals surface area contributed by atoms with Gasteiger partial charge < -0.3 is 0 Å². The predicted molar refractivity (Wildman–Crippen MR) is 191 cm³/mol. The van der Waals surface area contributed by atoms with Crippen LogP contribution in [0.5, 0.6) is 0 Å². The predicted octanol–water partition coefficient (Wildman–Crippen LogP) is 11.0. The van der Waals surface area contributed by atoms with Crippen LogP contribution in [0.1, 0.15) is 17.5 Å². The zero-order valence-electron chi connectivity index (χ0n) is 25.2. The van der Waals surface area contributed by atoms with Gasteiger partial charge in [0.2, 0.25) is 0 Å². The van der Waals surface area contributed by atoms with Gasteiger partial charge in [0.05, 0.1) is 17.1 Å². The maximum Gasteiger partial charge on any atom is 0.160 e. The molecule has 2 heterocycles. The molecule has 216 valence electrons. The van der Waals surface area contributed by atoms with Crippen LogP contribution < -0.4 is 0 Å². The number of hydrogen-bond acceptors (Lipinski definition) is 3. The molecule has 3 nitrogen and oxygen atoms in total. The van der Waals surface area contributed by atoms with Gasteiger partial charge in [-0.1, -0.05) is 115 Å². The first-order chi connectivity index (χ1) is 22.8. The molecule has 0 atom stereocenters. The molecule has 1 aliphatic rings. The molecule has 46 heavy (non-hydrogen) atoms. The van der Waals surface area contributed by atoms with Gasteiger partial charge in [-0.25, -0.2) is 9.97 Å². The highest BCUT2D eigenvalue weighted by molar-refractivity contribution is 6.13. The lowest BCUT2D eigenvalue weighted by molar-refractivity contribution is 0.990. The van der Waals surface area contributed by atoms with Gasteiger partial charge in [0.25, 0.3) is 0 Å². The highest BCUT2D eigenvalue weighted by Gasteiger charge is 2.18. The molecule has 0 saturated heterocycles. The molecule has 0 amide bonds. The van der Waals surface area contributed by atoms with Crippen molar-refractivity contribution in [3.63, 3.8) is 0 Å². The molecule has 0 bridgehead atoms. The summed E-state index contributed by atoms with van der Waals surface area (Å²) in [6.45, 7) is 0. The minimum absolute atomic E-state index is 0.707. The van der Waals surface area contributed by atoms with Gasteiger partial charge >= 0.3 is 0 Å². The third-order valence-electron chi connectivity index (χ3n) is 9.19. The zero-order valence-corrected chi connectivity index (χ0v) is 25.2. The van der Waals surface area contributed by atoms with Crippen LogP contribution in [0.25, 0.3) is 83.6 Å². The Morgan fingerprint density at radius 2 is 1.11 bits per heavy atom. The summed E-state index contributed by atoms with van der Waals surface area (Å²) >= 11 is 0. The van der Waals surface area contributed by atoms with Gasteiger partial charge in [-0.15, -0.1) is 0 Å². The Balaban J connectivity index is 1.31. The van der Waals surface area contributed by atoms with Crippen molar-refractivity contribution in [3.8, 4) is 45.2 Å². The first kappa shape index (κ1) is 26.5. The van der Waals surface area contributed by atoms with E-state index in [9.17, 15) is 0 Å². The summed E-state index contributed by atoms with van der Waals surface area (Å²) in [6, 6.07) is 47.3. The lowest BCUT2D eigenvalue weighted by atomic mass is 9.88. The molecule has 0 aliphatic heterocycles. The number of nitrogens with zero attached hydrogens (tertiary/aromatic N) is 3. The third kappa shape index (κ3) is 4.48. The Kier molecular flexibility index (Phi) is 6.27. The summed E-state index contributed by atoms with van der Waals surface area (Å²) in [5.74, 6) is 0.707. The third-order valence-corrected chi connectivity index (χ3v) is 9.19. The zero-order chi connectivity index (χ0) is 30.5. The Morgan fingerprint density at radius 1 is 0.478 bits per heavy atom. The summed E-state index contributed by atoms with van der Waals surface area (Å²) in [5.41, 5.74) is 9.77. The van der Waals surface area contributed by atoms with E-state index in [0.717, 1.165) is 52.2 Å². The Bertz CT molecular complexity index is 2460. The Hall–Kier alpha value is -5.93. The van der Waals surface area contributed by atoms with E-state index in [2.05, 4.69) is 132 Å². The number of aryl methyl sites for hydroxylation is 1. The quantitative estimate of drug-likeness (QED) is 0.192. The van der Waals surface area contributed by atoms with Crippen LogP contribution in [0.3, 0.4) is 0 Å². The average molecular weight is 588 g/mol. The maximum atomic E-state index is 5.30. The van der Waals surface area contributed by atoms with E-state index < -0.39 is 0 Å². The van der Waals surface area contributed by atoms with E-state index in [1.165, 1.54) is 43.4 Å². The number of rotatable bonds is 4. The fraction of sp³-hybridized carbons (Fsp3) is 0.0465. The summed E-state index contributed by atoms with van der Waals surface area (Å²) in [6.07, 6.45) is 8.48. The molecule has 0 saturated carbocycles. The van der Waals surface area contributed by atoms with E-state index in [1.807, 2.05) is 24.4 Å². The summed E-state index contributed by atoms with van der Waals surface area (Å²) in [4.78, 5) is 15.1. The maximum absolute atomic E-state index is 5.30. The minimum Gasteiger partial charge on any atom is -0.256 e. The van der Waals surface area contributed by atoms with E-state index in [1.54, 1.807) is 0 Å². The number of aromatic nitrogens is 3. The monoisotopic (exact) mass is 587 g/mol. The molecule has 1 aliphatic carbocycles. The van der Waals surface area contributed by atoms with Crippen LogP contribution >= 0.6 is 0 Å². The first-order valence-electron chi connectivity index (χ1n) is 15.8. The lowest BCUT2D eigenvalue weighted by Crippen LogP contribution is -2.00. The van der Waals surface area contributed by atoms with Crippen molar-refractivity contribution in [2.45, 2.75) is 12.8 Å². The van der Waals surface area contributed by atoms with Crippen molar-refractivity contribution in [2.24, 2.45) is 0 Å². The fourth-order valence-electron chi connectivity index (χ4n) is 6.95. The first-order valence-corrected chi connectivity index (χ1v) is 15.8. The highest BCUT2D eigenvalue weighted by Crippen LogP contribution is 2.39. The van der Waals surface area contributed by atoms with Gasteiger partial charge in [0.1, 0.15) is 0 Å². The molecular formula is C43H29N3. The molecular weight excluding hydrogens is 558 g/mol. The summed E-state index contributed by atoms with van der Waals surface area (Å²) < 4.78 is 0. The molecule has 9 rings (SSSR count). The minimum atomic E-state index is 0.707. The van der Waals surface area contributed by atoms with Crippen molar-refractivity contribution in [1.82, 2.24) is 15.0 Å². The Morgan fingerprint density at radius 3 is 1.87 bits per heavy atom. The molecule has 2 aromatic heterocycles. The molecule has 0 fully saturated rings. The van der Waals surface area contributed by atoms with Crippen molar-refractivity contribution in [2.75, 3.05) is 0 Å². The van der Waals surface area contributed by atoms with Crippen LogP contribution in [0, 0.1) is 0 Å². The average Bonchev–Trinajstić information content (AvgIpc) is 3.14. The van der Waals surface area contributed by atoms with Crippen LogP contribution in [-0.4, -0.2) is 15.0 Å². The van der Waals surface area contributed by atoms with Crippen LogP contribution in [-0.2, 0) is 6.42 Å². The van der Waals surface area contributed by atoms with Gasteiger partial charge in [-0.05, 0) is 86.6 Å². The molecule has 0 radical (unpaired) electrons. The standard InChI is InChI=1S/C43H29N3/c1-3-13-32-30(11-1)25-38(36-17-7-5-15-34(32)36)41-27-42(39-26-31-12-2-4-14-33(31)35-16-6-8-18-37(35)39)46-43(45-41)29-22-20-28(21-23-29)40-19-9-10-24-44-40/h1,3-11,13-27H,2,12H2. The van der Waals surface area contributed by atoms with Gasteiger partial charge in [0, 0.05) is 28.5 Å². The van der Waals surface area contributed by atoms with E-state index in [4.69, 9.17) is 9.97 Å². The van der Waals surface area contributed by atoms with Gasteiger partial charge in [0.15, 0.2) is 5.82 Å².